The number of rotatable bonds is 5. The standard InChI is InChI=1S/C20H22FN3O4/c1-27-13-9-10-16(18(12-13)28-2)22-19(25)17-8-5-11-24(17)20(26)23-15-7-4-3-6-14(15)21/h3-4,6-7,9-10,12,17H,5,8,11H2,1-2H3,(H,22,25)(H,23,26). The Bertz CT molecular complexity index is 874. The smallest absolute Gasteiger partial charge is 0.322 e. The van der Waals surface area contributed by atoms with Crippen LogP contribution in [-0.4, -0.2) is 43.6 Å². The quantitative estimate of drug-likeness (QED) is 0.823. The maximum atomic E-state index is 13.8. The maximum Gasteiger partial charge on any atom is 0.322 e. The predicted molar refractivity (Wildman–Crippen MR) is 103 cm³/mol. The highest BCUT2D eigenvalue weighted by Gasteiger charge is 2.34. The molecule has 1 heterocycles. The molecule has 1 fully saturated rings. The number of carbonyl (C=O) groups excluding carboxylic acids is 2. The van der Waals surface area contributed by atoms with Crippen LogP contribution in [0.2, 0.25) is 0 Å². The van der Waals surface area contributed by atoms with Crippen molar-refractivity contribution in [2.45, 2.75) is 18.9 Å². The van der Waals surface area contributed by atoms with Gasteiger partial charge in [0.25, 0.3) is 0 Å². The number of ether oxygens (including phenoxy) is 2. The third-order valence-electron chi connectivity index (χ3n) is 4.60. The van der Waals surface area contributed by atoms with Crippen LogP contribution in [0.1, 0.15) is 12.8 Å². The number of carbonyl (C=O) groups is 2. The molecule has 0 saturated carbocycles. The lowest BCUT2D eigenvalue weighted by Crippen LogP contribution is -2.45. The summed E-state index contributed by atoms with van der Waals surface area (Å²) in [4.78, 5) is 26.8. The molecule has 7 nitrogen and oxygen atoms in total. The highest BCUT2D eigenvalue weighted by Crippen LogP contribution is 2.30. The molecule has 2 aromatic carbocycles. The van der Waals surface area contributed by atoms with Crippen molar-refractivity contribution in [3.63, 3.8) is 0 Å². The molecule has 8 heteroatoms. The number of methoxy groups -OCH3 is 2. The van der Waals surface area contributed by atoms with Crippen LogP contribution in [0.3, 0.4) is 0 Å². The van der Waals surface area contributed by atoms with Crippen LogP contribution in [0.5, 0.6) is 11.5 Å². The summed E-state index contributed by atoms with van der Waals surface area (Å²) in [6.07, 6.45) is 1.21. The molecule has 0 aliphatic carbocycles. The van der Waals surface area contributed by atoms with Crippen molar-refractivity contribution >= 4 is 23.3 Å². The highest BCUT2D eigenvalue weighted by atomic mass is 19.1. The molecule has 2 N–H and O–H groups in total. The van der Waals surface area contributed by atoms with Gasteiger partial charge in [-0.05, 0) is 37.1 Å². The normalized spacial score (nSPS) is 15.8. The van der Waals surface area contributed by atoms with Crippen molar-refractivity contribution in [2.24, 2.45) is 0 Å². The summed E-state index contributed by atoms with van der Waals surface area (Å²) in [5.74, 6) is 0.193. The summed E-state index contributed by atoms with van der Waals surface area (Å²) in [5.41, 5.74) is 0.560. The molecule has 2 aromatic rings. The maximum absolute atomic E-state index is 13.8. The Kier molecular flexibility index (Phi) is 5.98. The SMILES string of the molecule is COc1ccc(NC(=O)C2CCCN2C(=O)Nc2ccccc2F)c(OC)c1. The fraction of sp³-hybridized carbons (Fsp3) is 0.300. The van der Waals surface area contributed by atoms with Crippen molar-refractivity contribution < 1.29 is 23.5 Å². The van der Waals surface area contributed by atoms with Crippen molar-refractivity contribution in [2.75, 3.05) is 31.4 Å². The van der Waals surface area contributed by atoms with E-state index < -0.39 is 17.9 Å². The monoisotopic (exact) mass is 387 g/mol. The lowest BCUT2D eigenvalue weighted by Gasteiger charge is -2.24. The van der Waals surface area contributed by atoms with Gasteiger partial charge in [0.15, 0.2) is 0 Å². The van der Waals surface area contributed by atoms with E-state index in [1.807, 2.05) is 0 Å². The number of anilines is 2. The summed E-state index contributed by atoms with van der Waals surface area (Å²) in [5, 5.41) is 5.33. The van der Waals surface area contributed by atoms with Crippen molar-refractivity contribution in [1.82, 2.24) is 4.90 Å². The van der Waals surface area contributed by atoms with Crippen LogP contribution in [-0.2, 0) is 4.79 Å². The van der Waals surface area contributed by atoms with Gasteiger partial charge in [0.05, 0.1) is 25.6 Å². The number of nitrogens with one attached hydrogen (secondary N) is 2. The first kappa shape index (κ1) is 19.5. The highest BCUT2D eigenvalue weighted by molar-refractivity contribution is 6.00. The molecular weight excluding hydrogens is 365 g/mol. The largest absolute Gasteiger partial charge is 0.497 e. The first-order valence-corrected chi connectivity index (χ1v) is 8.88. The van der Waals surface area contributed by atoms with Crippen LogP contribution < -0.4 is 20.1 Å². The number of hydrogen-bond acceptors (Lipinski definition) is 4. The lowest BCUT2D eigenvalue weighted by atomic mass is 10.2. The molecule has 1 aliphatic rings. The van der Waals surface area contributed by atoms with Crippen LogP contribution in [0.25, 0.3) is 0 Å². The van der Waals surface area contributed by atoms with Gasteiger partial charge >= 0.3 is 6.03 Å². The van der Waals surface area contributed by atoms with Crippen LogP contribution in [0, 0.1) is 5.82 Å². The number of amides is 3. The first-order chi connectivity index (χ1) is 13.5. The predicted octanol–water partition coefficient (Wildman–Crippen LogP) is 3.48. The number of benzene rings is 2. The molecule has 1 atom stereocenters. The van der Waals surface area contributed by atoms with E-state index >= 15 is 0 Å². The fourth-order valence-electron chi connectivity index (χ4n) is 3.15. The van der Waals surface area contributed by atoms with Crippen molar-refractivity contribution in [1.29, 1.82) is 0 Å². The Morgan fingerprint density at radius 3 is 2.57 bits per heavy atom. The minimum atomic E-state index is -0.654. The molecule has 0 spiro atoms. The topological polar surface area (TPSA) is 79.9 Å². The van der Waals surface area contributed by atoms with Gasteiger partial charge in [-0.25, -0.2) is 9.18 Å². The minimum Gasteiger partial charge on any atom is -0.497 e. The zero-order valence-electron chi connectivity index (χ0n) is 15.7. The van der Waals surface area contributed by atoms with Gasteiger partial charge in [-0.3, -0.25) is 4.79 Å². The number of halogens is 1. The molecular formula is C20H22FN3O4. The Labute approximate surface area is 162 Å². The summed E-state index contributed by atoms with van der Waals surface area (Å²) in [7, 11) is 3.03. The molecule has 0 aromatic heterocycles. The van der Waals surface area contributed by atoms with Gasteiger partial charge in [-0.1, -0.05) is 12.1 Å². The van der Waals surface area contributed by atoms with E-state index in [1.165, 1.54) is 31.3 Å². The van der Waals surface area contributed by atoms with Crippen LogP contribution >= 0.6 is 0 Å². The number of nitrogens with zero attached hydrogens (tertiary/aromatic N) is 1. The lowest BCUT2D eigenvalue weighted by molar-refractivity contribution is -0.119. The average Bonchev–Trinajstić information content (AvgIpc) is 3.20. The zero-order valence-corrected chi connectivity index (χ0v) is 15.7. The van der Waals surface area contributed by atoms with Crippen LogP contribution in [0.15, 0.2) is 42.5 Å². The number of hydrogen-bond donors (Lipinski definition) is 2. The van der Waals surface area contributed by atoms with Crippen molar-refractivity contribution in [3.8, 4) is 11.5 Å². The second-order valence-electron chi connectivity index (χ2n) is 6.32. The fourth-order valence-corrected chi connectivity index (χ4v) is 3.15. The molecule has 3 amide bonds. The van der Waals surface area contributed by atoms with Gasteiger partial charge in [-0.2, -0.15) is 0 Å². The minimum absolute atomic E-state index is 0.0791. The van der Waals surface area contributed by atoms with E-state index in [1.54, 1.807) is 30.3 Å². The summed E-state index contributed by atoms with van der Waals surface area (Å²) in [6.45, 7) is 0.415. The summed E-state index contributed by atoms with van der Waals surface area (Å²) >= 11 is 0. The average molecular weight is 387 g/mol. The van der Waals surface area contributed by atoms with E-state index in [9.17, 15) is 14.0 Å². The Balaban J connectivity index is 1.71. The molecule has 28 heavy (non-hydrogen) atoms. The third-order valence-corrected chi connectivity index (χ3v) is 4.60. The van der Waals surface area contributed by atoms with Crippen molar-refractivity contribution in [3.05, 3.63) is 48.3 Å². The van der Waals surface area contributed by atoms with E-state index in [2.05, 4.69) is 10.6 Å². The van der Waals surface area contributed by atoms with E-state index in [0.717, 1.165) is 0 Å². The Hall–Kier alpha value is -3.29. The first-order valence-electron chi connectivity index (χ1n) is 8.88. The number of likely N-dealkylation sites (tertiary alicyclic amines) is 1. The third kappa shape index (κ3) is 4.16. The molecule has 0 bridgehead atoms. The number of urea groups is 1. The van der Waals surface area contributed by atoms with Gasteiger partial charge in [-0.15, -0.1) is 0 Å². The summed E-state index contributed by atoms with van der Waals surface area (Å²) < 4.78 is 24.2. The van der Waals surface area contributed by atoms with Gasteiger partial charge in [0, 0.05) is 12.6 Å². The van der Waals surface area contributed by atoms with E-state index in [4.69, 9.17) is 9.47 Å². The van der Waals surface area contributed by atoms with E-state index in [0.29, 0.717) is 36.6 Å². The summed E-state index contributed by atoms with van der Waals surface area (Å²) in [6, 6.07) is 9.78. The van der Waals surface area contributed by atoms with E-state index in [-0.39, 0.29) is 11.6 Å². The second kappa shape index (κ2) is 8.60. The molecule has 1 unspecified atom stereocenters. The molecule has 0 radical (unpaired) electrons. The van der Waals surface area contributed by atoms with Gasteiger partial charge in [0.1, 0.15) is 23.4 Å². The molecule has 1 saturated heterocycles. The van der Waals surface area contributed by atoms with Gasteiger partial charge in [0.2, 0.25) is 5.91 Å². The molecule has 148 valence electrons. The Morgan fingerprint density at radius 1 is 1.07 bits per heavy atom. The second-order valence-corrected chi connectivity index (χ2v) is 6.32. The number of para-hydroxylation sites is 1. The Morgan fingerprint density at radius 2 is 1.86 bits per heavy atom. The zero-order chi connectivity index (χ0) is 20.1. The molecule has 3 rings (SSSR count). The van der Waals surface area contributed by atoms with Crippen LogP contribution in [0.4, 0.5) is 20.6 Å². The molecule has 1 aliphatic heterocycles. The van der Waals surface area contributed by atoms with Gasteiger partial charge < -0.3 is 25.0 Å².